The molecule has 0 fully saturated rings. The van der Waals surface area contributed by atoms with E-state index in [1.807, 2.05) is 0 Å². The smallest absolute Gasteiger partial charge is 0.312 e. The summed E-state index contributed by atoms with van der Waals surface area (Å²) in [5, 5.41) is 10.5. The van der Waals surface area contributed by atoms with Crippen LogP contribution in [0.25, 0.3) is 10.9 Å². The number of hydrogen-bond acceptors (Lipinski definition) is 7. The van der Waals surface area contributed by atoms with Gasteiger partial charge in [0.1, 0.15) is 5.75 Å². The summed E-state index contributed by atoms with van der Waals surface area (Å²) < 4.78 is 11.7. The molecule has 0 saturated carbocycles. The minimum atomic E-state index is -1.36. The molecular formula is C21H19ClN2O7. The van der Waals surface area contributed by atoms with Crippen LogP contribution in [-0.4, -0.2) is 34.9 Å². The van der Waals surface area contributed by atoms with E-state index >= 15 is 0 Å². The zero-order valence-electron chi connectivity index (χ0n) is 17.0. The largest absolute Gasteiger partial charge is 0.497 e. The average Bonchev–Trinajstić information content (AvgIpc) is 2.98. The summed E-state index contributed by atoms with van der Waals surface area (Å²) >= 11 is 5.92. The Kier molecular flexibility index (Phi) is 6.45. The number of esters is 1. The van der Waals surface area contributed by atoms with Gasteiger partial charge in [0.25, 0.3) is 11.0 Å². The highest BCUT2D eigenvalue weighted by molar-refractivity contribution is 6.30. The van der Waals surface area contributed by atoms with Gasteiger partial charge in [-0.2, -0.15) is 0 Å². The van der Waals surface area contributed by atoms with Crippen LogP contribution in [0.5, 0.6) is 5.75 Å². The van der Waals surface area contributed by atoms with Gasteiger partial charge in [0.05, 0.1) is 19.0 Å². The van der Waals surface area contributed by atoms with Gasteiger partial charge < -0.3 is 9.47 Å². The Labute approximate surface area is 182 Å². The highest BCUT2D eigenvalue weighted by Crippen LogP contribution is 2.31. The Balaban J connectivity index is 2.03. The molecule has 0 bridgehead atoms. The highest BCUT2D eigenvalue weighted by Gasteiger charge is 2.23. The second kappa shape index (κ2) is 9.05. The summed E-state index contributed by atoms with van der Waals surface area (Å²) in [7, 11) is 1.51. The molecule has 1 atom stereocenters. The Hall–Kier alpha value is -3.59. The van der Waals surface area contributed by atoms with Crippen molar-refractivity contribution >= 4 is 34.4 Å². The van der Waals surface area contributed by atoms with E-state index in [2.05, 4.69) is 4.84 Å². The number of rotatable bonds is 7. The minimum absolute atomic E-state index is 0.220. The Morgan fingerprint density at radius 2 is 1.87 bits per heavy atom. The first-order valence-corrected chi connectivity index (χ1v) is 9.58. The van der Waals surface area contributed by atoms with E-state index in [1.54, 1.807) is 49.4 Å². The minimum Gasteiger partial charge on any atom is -0.497 e. The molecule has 1 aromatic heterocycles. The standard InChI is InChI=1S/C21H19ClN2O7/c1-12-17(11-20(25)30-13(2)31-24(27)28)18-10-16(29-3)8-9-19(18)23(12)21(26)14-4-6-15(22)7-5-14/h4-10,13H,11H2,1-3H3. The fraction of sp³-hybridized carbons (Fsp3) is 0.238. The number of halogens is 1. The Morgan fingerprint density at radius 1 is 1.19 bits per heavy atom. The van der Waals surface area contributed by atoms with Crippen molar-refractivity contribution in [3.63, 3.8) is 0 Å². The van der Waals surface area contributed by atoms with Gasteiger partial charge in [-0.3, -0.25) is 19.0 Å². The topological polar surface area (TPSA) is 110 Å². The van der Waals surface area contributed by atoms with Crippen molar-refractivity contribution in [2.45, 2.75) is 26.6 Å². The fourth-order valence-corrected chi connectivity index (χ4v) is 3.44. The first-order valence-electron chi connectivity index (χ1n) is 9.20. The van der Waals surface area contributed by atoms with Crippen LogP contribution in [0.3, 0.4) is 0 Å². The predicted molar refractivity (Wildman–Crippen MR) is 112 cm³/mol. The summed E-state index contributed by atoms with van der Waals surface area (Å²) in [6, 6.07) is 11.6. The lowest BCUT2D eigenvalue weighted by Gasteiger charge is -2.11. The molecule has 31 heavy (non-hydrogen) atoms. The second-order valence-corrected chi connectivity index (χ2v) is 7.09. The molecule has 162 valence electrons. The van der Waals surface area contributed by atoms with Crippen molar-refractivity contribution < 1.29 is 29.0 Å². The zero-order chi connectivity index (χ0) is 22.7. The molecule has 9 nitrogen and oxygen atoms in total. The summed E-state index contributed by atoms with van der Waals surface area (Å²) in [5.74, 6) is -0.490. The molecule has 1 unspecified atom stereocenters. The molecule has 10 heteroatoms. The number of ether oxygens (including phenoxy) is 2. The van der Waals surface area contributed by atoms with Crippen molar-refractivity contribution in [1.82, 2.24) is 4.57 Å². The van der Waals surface area contributed by atoms with Crippen LogP contribution in [0.4, 0.5) is 0 Å². The highest BCUT2D eigenvalue weighted by atomic mass is 35.5. The van der Waals surface area contributed by atoms with Crippen molar-refractivity contribution in [2.75, 3.05) is 7.11 Å². The van der Waals surface area contributed by atoms with Crippen LogP contribution in [-0.2, 0) is 20.8 Å². The normalized spacial score (nSPS) is 11.7. The summed E-state index contributed by atoms with van der Waals surface area (Å²) in [4.78, 5) is 40.2. The number of methoxy groups -OCH3 is 1. The predicted octanol–water partition coefficient (Wildman–Crippen LogP) is 3.94. The van der Waals surface area contributed by atoms with Gasteiger partial charge in [-0.1, -0.05) is 11.6 Å². The molecule has 0 amide bonds. The summed E-state index contributed by atoms with van der Waals surface area (Å²) in [6.45, 7) is 2.95. The van der Waals surface area contributed by atoms with E-state index in [1.165, 1.54) is 18.6 Å². The number of hydrogen-bond donors (Lipinski definition) is 0. The third-order valence-corrected chi connectivity index (χ3v) is 4.94. The molecule has 0 N–H and O–H groups in total. The number of carbonyl (C=O) groups excluding carboxylic acids is 2. The van der Waals surface area contributed by atoms with E-state index in [0.29, 0.717) is 38.5 Å². The monoisotopic (exact) mass is 446 g/mol. The average molecular weight is 447 g/mol. The summed E-state index contributed by atoms with van der Waals surface area (Å²) in [5.41, 5.74) is 2.07. The molecule has 3 rings (SSSR count). The molecule has 2 aromatic carbocycles. The molecule has 1 heterocycles. The molecule has 0 aliphatic carbocycles. The maximum Gasteiger partial charge on any atom is 0.312 e. The van der Waals surface area contributed by atoms with Gasteiger partial charge in [-0.15, -0.1) is 10.1 Å². The number of nitrogens with zero attached hydrogens (tertiary/aromatic N) is 2. The van der Waals surface area contributed by atoms with Crippen LogP contribution in [0.1, 0.15) is 28.5 Å². The van der Waals surface area contributed by atoms with Crippen molar-refractivity contribution in [1.29, 1.82) is 0 Å². The first-order chi connectivity index (χ1) is 14.7. The van der Waals surface area contributed by atoms with Crippen LogP contribution in [0.2, 0.25) is 5.02 Å². The lowest BCUT2D eigenvalue weighted by molar-refractivity contribution is -0.777. The molecule has 0 aliphatic rings. The van der Waals surface area contributed by atoms with Crippen molar-refractivity contribution in [2.24, 2.45) is 0 Å². The number of benzene rings is 2. The fourth-order valence-electron chi connectivity index (χ4n) is 3.31. The van der Waals surface area contributed by atoms with Crippen LogP contribution >= 0.6 is 11.6 Å². The van der Waals surface area contributed by atoms with E-state index in [4.69, 9.17) is 21.1 Å². The molecule has 0 spiro atoms. The van der Waals surface area contributed by atoms with Crippen molar-refractivity contribution in [3.05, 3.63) is 74.4 Å². The van der Waals surface area contributed by atoms with Gasteiger partial charge in [0, 0.05) is 21.7 Å². The van der Waals surface area contributed by atoms with E-state index in [0.717, 1.165) is 0 Å². The lowest BCUT2D eigenvalue weighted by atomic mass is 10.1. The molecule has 0 saturated heterocycles. The summed E-state index contributed by atoms with van der Waals surface area (Å²) in [6.07, 6.45) is -1.58. The third kappa shape index (κ3) is 4.77. The second-order valence-electron chi connectivity index (χ2n) is 6.66. The van der Waals surface area contributed by atoms with Crippen LogP contribution < -0.4 is 4.74 Å². The van der Waals surface area contributed by atoms with E-state index in [9.17, 15) is 19.7 Å². The number of aromatic nitrogens is 1. The quantitative estimate of drug-likeness (QED) is 0.234. The molecule has 0 radical (unpaired) electrons. The van der Waals surface area contributed by atoms with Gasteiger partial charge in [-0.05, 0) is 61.9 Å². The molecule has 0 aliphatic heterocycles. The van der Waals surface area contributed by atoms with Crippen LogP contribution in [0, 0.1) is 17.0 Å². The zero-order valence-corrected chi connectivity index (χ0v) is 17.7. The number of carbonyl (C=O) groups is 2. The molecular weight excluding hydrogens is 428 g/mol. The first kappa shape index (κ1) is 22.1. The Bertz CT molecular complexity index is 1150. The third-order valence-electron chi connectivity index (χ3n) is 4.69. The maximum absolute atomic E-state index is 13.2. The molecule has 3 aromatic rings. The van der Waals surface area contributed by atoms with E-state index in [-0.39, 0.29) is 12.3 Å². The van der Waals surface area contributed by atoms with Gasteiger partial charge >= 0.3 is 5.97 Å². The van der Waals surface area contributed by atoms with Crippen LogP contribution in [0.15, 0.2) is 42.5 Å². The SMILES string of the molecule is COc1ccc2c(c1)c(CC(=O)OC(C)O[N+](=O)[O-])c(C)n2C(=O)c1ccc(Cl)cc1. The van der Waals surface area contributed by atoms with E-state index < -0.39 is 17.3 Å². The number of fused-ring (bicyclic) bond motifs is 1. The van der Waals surface area contributed by atoms with Crippen molar-refractivity contribution in [3.8, 4) is 5.75 Å². The van der Waals surface area contributed by atoms with Gasteiger partial charge in [0.2, 0.25) is 6.29 Å². The lowest BCUT2D eigenvalue weighted by Crippen LogP contribution is -2.22. The van der Waals surface area contributed by atoms with Gasteiger partial charge in [0.15, 0.2) is 0 Å². The van der Waals surface area contributed by atoms with Gasteiger partial charge in [-0.25, -0.2) is 0 Å². The Morgan fingerprint density at radius 3 is 2.48 bits per heavy atom. The maximum atomic E-state index is 13.2.